The number of carboxylic acids is 1. The highest BCUT2D eigenvalue weighted by atomic mass is 32.2. The van der Waals surface area contributed by atoms with Crippen molar-refractivity contribution in [2.75, 3.05) is 17.3 Å². The molecule has 1 aliphatic rings. The lowest BCUT2D eigenvalue weighted by molar-refractivity contribution is -0.133. The Balaban J connectivity index is 2.01. The van der Waals surface area contributed by atoms with Crippen molar-refractivity contribution in [1.29, 1.82) is 0 Å². The molecule has 1 aromatic rings. The van der Waals surface area contributed by atoms with Crippen molar-refractivity contribution in [3.05, 3.63) is 5.82 Å². The van der Waals surface area contributed by atoms with E-state index in [1.807, 2.05) is 18.7 Å². The second kappa shape index (κ2) is 6.47. The molecule has 0 atom stereocenters. The summed E-state index contributed by atoms with van der Waals surface area (Å²) in [6.07, 6.45) is 2.46. The first-order chi connectivity index (χ1) is 8.66. The Morgan fingerprint density at radius 1 is 1.50 bits per heavy atom. The summed E-state index contributed by atoms with van der Waals surface area (Å²) in [5, 5.41) is 17.6. The molecule has 2 rings (SSSR count). The van der Waals surface area contributed by atoms with Gasteiger partial charge in [-0.25, -0.2) is 0 Å². The molecule has 1 aliphatic heterocycles. The van der Waals surface area contributed by atoms with Gasteiger partial charge in [-0.1, -0.05) is 11.8 Å². The van der Waals surface area contributed by atoms with E-state index in [4.69, 9.17) is 5.11 Å². The fourth-order valence-electron chi connectivity index (χ4n) is 1.99. The molecule has 1 N–H and O–H groups in total. The Kier molecular flexibility index (Phi) is 4.94. The van der Waals surface area contributed by atoms with Crippen LogP contribution in [0.4, 0.5) is 0 Å². The van der Waals surface area contributed by atoms with Crippen molar-refractivity contribution < 1.29 is 9.90 Å². The van der Waals surface area contributed by atoms with Crippen LogP contribution in [0.3, 0.4) is 0 Å². The van der Waals surface area contributed by atoms with Gasteiger partial charge in [0.05, 0.1) is 5.75 Å². The molecule has 0 radical (unpaired) electrons. The summed E-state index contributed by atoms with van der Waals surface area (Å²) in [5.41, 5.74) is 0. The third-order valence-corrected chi connectivity index (χ3v) is 5.01. The summed E-state index contributed by atoms with van der Waals surface area (Å²) in [7, 11) is 0. The normalized spacial score (nSPS) is 16.9. The second-order valence-electron chi connectivity index (χ2n) is 4.38. The molecule has 1 fully saturated rings. The average molecular weight is 287 g/mol. The van der Waals surface area contributed by atoms with Crippen LogP contribution >= 0.6 is 23.5 Å². The topological polar surface area (TPSA) is 68.0 Å². The first-order valence-corrected chi connectivity index (χ1v) is 8.13. The van der Waals surface area contributed by atoms with Crippen molar-refractivity contribution >= 4 is 29.5 Å². The molecular formula is C11H17N3O2S2. The average Bonchev–Trinajstić information content (AvgIpc) is 2.70. The fourth-order valence-corrected chi connectivity index (χ4v) is 3.91. The minimum absolute atomic E-state index is 0.0403. The number of carbonyl (C=O) groups is 1. The van der Waals surface area contributed by atoms with Crippen molar-refractivity contribution in [3.8, 4) is 0 Å². The van der Waals surface area contributed by atoms with Gasteiger partial charge in [0.25, 0.3) is 0 Å². The van der Waals surface area contributed by atoms with Gasteiger partial charge in [0.15, 0.2) is 5.16 Å². The molecule has 0 aromatic carbocycles. The molecule has 5 nitrogen and oxygen atoms in total. The largest absolute Gasteiger partial charge is 0.481 e. The summed E-state index contributed by atoms with van der Waals surface area (Å²) >= 11 is 3.26. The predicted molar refractivity (Wildman–Crippen MR) is 73.2 cm³/mol. The van der Waals surface area contributed by atoms with Crippen LogP contribution in [0.2, 0.25) is 0 Å². The van der Waals surface area contributed by atoms with Gasteiger partial charge in [-0.15, -0.1) is 10.2 Å². The summed E-state index contributed by atoms with van der Waals surface area (Å²) < 4.78 is 2.06. The second-order valence-corrected chi connectivity index (χ2v) is 6.55. The number of nitrogens with zero attached hydrogens (tertiary/aromatic N) is 3. The molecule has 7 heteroatoms. The number of hydrogen-bond acceptors (Lipinski definition) is 5. The molecule has 0 saturated carbocycles. The Hall–Kier alpha value is -0.690. The van der Waals surface area contributed by atoms with Crippen LogP contribution in [-0.4, -0.2) is 43.1 Å². The molecule has 100 valence electrons. The lowest BCUT2D eigenvalue weighted by Crippen LogP contribution is -2.18. The van der Waals surface area contributed by atoms with Crippen molar-refractivity contribution in [2.24, 2.45) is 5.92 Å². The fraction of sp³-hybridized carbons (Fsp3) is 0.727. The zero-order valence-electron chi connectivity index (χ0n) is 10.3. The zero-order chi connectivity index (χ0) is 13.0. The number of aliphatic carboxylic acids is 1. The third-order valence-electron chi connectivity index (χ3n) is 3.01. The minimum atomic E-state index is -0.818. The van der Waals surface area contributed by atoms with E-state index < -0.39 is 5.97 Å². The predicted octanol–water partition coefficient (Wildman–Crippen LogP) is 1.91. The summed E-state index contributed by atoms with van der Waals surface area (Å²) in [6, 6.07) is 0. The van der Waals surface area contributed by atoms with Crippen LogP contribution in [0.25, 0.3) is 0 Å². The van der Waals surface area contributed by atoms with E-state index in [1.165, 1.54) is 36.1 Å². The van der Waals surface area contributed by atoms with E-state index in [0.29, 0.717) is 5.92 Å². The SMILES string of the molecule is Cc1nnc(SCC(=O)O)n1CC1CCSCC1. The molecule has 0 amide bonds. The van der Waals surface area contributed by atoms with Crippen LogP contribution in [0, 0.1) is 12.8 Å². The lowest BCUT2D eigenvalue weighted by atomic mass is 10.0. The van der Waals surface area contributed by atoms with Crippen LogP contribution in [0.5, 0.6) is 0 Å². The van der Waals surface area contributed by atoms with Gasteiger partial charge < -0.3 is 9.67 Å². The first-order valence-electron chi connectivity index (χ1n) is 5.99. The zero-order valence-corrected chi connectivity index (χ0v) is 12.0. The van der Waals surface area contributed by atoms with Crippen molar-refractivity contribution in [1.82, 2.24) is 14.8 Å². The highest BCUT2D eigenvalue weighted by Crippen LogP contribution is 2.26. The standard InChI is InChI=1S/C11H17N3O2S2/c1-8-12-13-11(18-7-10(15)16)14(8)6-9-2-4-17-5-3-9/h9H,2-7H2,1H3,(H,15,16). The molecule has 1 aromatic heterocycles. The number of rotatable bonds is 5. The monoisotopic (exact) mass is 287 g/mol. The smallest absolute Gasteiger partial charge is 0.313 e. The van der Waals surface area contributed by atoms with E-state index in [9.17, 15) is 4.79 Å². The van der Waals surface area contributed by atoms with Crippen LogP contribution in [-0.2, 0) is 11.3 Å². The van der Waals surface area contributed by atoms with Crippen molar-refractivity contribution in [3.63, 3.8) is 0 Å². The van der Waals surface area contributed by atoms with E-state index in [1.54, 1.807) is 0 Å². The Labute approximate surface area is 115 Å². The highest BCUT2D eigenvalue weighted by molar-refractivity contribution is 7.99. The number of thioether (sulfide) groups is 2. The maximum Gasteiger partial charge on any atom is 0.313 e. The number of aromatic nitrogens is 3. The minimum Gasteiger partial charge on any atom is -0.481 e. The van der Waals surface area contributed by atoms with Gasteiger partial charge in [-0.05, 0) is 37.2 Å². The lowest BCUT2D eigenvalue weighted by Gasteiger charge is -2.22. The molecule has 0 aliphatic carbocycles. The Bertz CT molecular complexity index is 416. The van der Waals surface area contributed by atoms with E-state index >= 15 is 0 Å². The molecule has 2 heterocycles. The van der Waals surface area contributed by atoms with E-state index in [2.05, 4.69) is 14.8 Å². The van der Waals surface area contributed by atoms with Gasteiger partial charge >= 0.3 is 5.97 Å². The maximum absolute atomic E-state index is 10.6. The molecular weight excluding hydrogens is 270 g/mol. The highest BCUT2D eigenvalue weighted by Gasteiger charge is 2.18. The van der Waals surface area contributed by atoms with Crippen LogP contribution < -0.4 is 0 Å². The van der Waals surface area contributed by atoms with Crippen LogP contribution in [0.15, 0.2) is 5.16 Å². The van der Waals surface area contributed by atoms with E-state index in [-0.39, 0.29) is 5.75 Å². The molecule has 18 heavy (non-hydrogen) atoms. The summed E-state index contributed by atoms with van der Waals surface area (Å²) in [4.78, 5) is 10.6. The molecule has 0 unspecified atom stereocenters. The third kappa shape index (κ3) is 3.65. The summed E-state index contributed by atoms with van der Waals surface area (Å²) in [5.74, 6) is 3.22. The van der Waals surface area contributed by atoms with Crippen LogP contribution in [0.1, 0.15) is 18.7 Å². The van der Waals surface area contributed by atoms with Gasteiger partial charge in [-0.3, -0.25) is 4.79 Å². The number of aryl methyl sites for hydroxylation is 1. The quantitative estimate of drug-likeness (QED) is 0.834. The summed E-state index contributed by atoms with van der Waals surface area (Å²) in [6.45, 7) is 2.84. The van der Waals surface area contributed by atoms with Crippen molar-refractivity contribution in [2.45, 2.75) is 31.5 Å². The van der Waals surface area contributed by atoms with Gasteiger partial charge in [0, 0.05) is 6.54 Å². The molecule has 1 saturated heterocycles. The van der Waals surface area contributed by atoms with Gasteiger partial charge in [0.2, 0.25) is 0 Å². The Morgan fingerprint density at radius 3 is 2.89 bits per heavy atom. The van der Waals surface area contributed by atoms with Gasteiger partial charge in [-0.2, -0.15) is 11.8 Å². The number of hydrogen-bond donors (Lipinski definition) is 1. The molecule has 0 bridgehead atoms. The first kappa shape index (κ1) is 13.7. The molecule has 0 spiro atoms. The van der Waals surface area contributed by atoms with Gasteiger partial charge in [0.1, 0.15) is 5.82 Å². The maximum atomic E-state index is 10.6. The van der Waals surface area contributed by atoms with E-state index in [0.717, 1.165) is 17.5 Å². The number of carboxylic acid groups (broad SMARTS) is 1. The Morgan fingerprint density at radius 2 is 2.22 bits per heavy atom.